The van der Waals surface area contributed by atoms with Gasteiger partial charge in [0.25, 0.3) is 0 Å². The number of rotatable bonds is 7. The Morgan fingerprint density at radius 2 is 1.52 bits per heavy atom. The van der Waals surface area contributed by atoms with E-state index in [0.717, 1.165) is 47.9 Å². The Hall–Kier alpha value is -2.33. The minimum absolute atomic E-state index is 0.131. The number of hydrogen-bond acceptors (Lipinski definition) is 2. The van der Waals surface area contributed by atoms with Gasteiger partial charge in [0.1, 0.15) is 11.9 Å². The number of carbonyl (C=O) groups is 2. The summed E-state index contributed by atoms with van der Waals surface area (Å²) < 4.78 is 0. The summed E-state index contributed by atoms with van der Waals surface area (Å²) in [6.45, 7) is 6.63. The molecule has 0 aromatic heterocycles. The van der Waals surface area contributed by atoms with Crippen LogP contribution in [0.15, 0.2) is 48.5 Å². The van der Waals surface area contributed by atoms with Crippen LogP contribution in [-0.4, -0.2) is 28.6 Å². The molecule has 0 heterocycles. The lowest BCUT2D eigenvalue weighted by Gasteiger charge is -2.34. The summed E-state index contributed by atoms with van der Waals surface area (Å²) in [7, 11) is 0. The number of aryl methyl sites for hydroxylation is 2. The molecule has 2 aromatic rings. The van der Waals surface area contributed by atoms with Gasteiger partial charge in [-0.2, -0.15) is 0 Å². The average molecular weight is 441 g/mol. The van der Waals surface area contributed by atoms with Crippen molar-refractivity contribution in [1.29, 1.82) is 0 Å². The monoisotopic (exact) mass is 440 g/mol. The van der Waals surface area contributed by atoms with Crippen molar-refractivity contribution in [3.05, 3.63) is 70.8 Å². The van der Waals surface area contributed by atoms with Gasteiger partial charge in [-0.3, -0.25) is 9.59 Å². The van der Waals surface area contributed by atoms with E-state index in [9.17, 15) is 9.59 Å². The molecule has 3 rings (SSSR count). The molecule has 5 heteroatoms. The Labute approximate surface area is 191 Å². The van der Waals surface area contributed by atoms with E-state index in [1.165, 1.54) is 0 Å². The van der Waals surface area contributed by atoms with Gasteiger partial charge in [-0.25, -0.2) is 0 Å². The number of halogens is 1. The van der Waals surface area contributed by atoms with Crippen LogP contribution in [0.25, 0.3) is 0 Å². The molecule has 166 valence electrons. The van der Waals surface area contributed by atoms with Crippen LogP contribution in [0.5, 0.6) is 0 Å². The fourth-order valence-corrected chi connectivity index (χ4v) is 4.35. The number of alkyl halides is 1. The Morgan fingerprint density at radius 3 is 2.06 bits per heavy atom. The number of nitrogens with zero attached hydrogens (tertiary/aromatic N) is 1. The summed E-state index contributed by atoms with van der Waals surface area (Å²) in [5.74, 6) is 0.161. The van der Waals surface area contributed by atoms with Crippen LogP contribution in [0.3, 0.4) is 0 Å². The third-order valence-electron chi connectivity index (χ3n) is 6.22. The van der Waals surface area contributed by atoms with E-state index in [1.807, 2.05) is 62.4 Å². The summed E-state index contributed by atoms with van der Waals surface area (Å²) in [5.41, 5.74) is 4.04. The summed E-state index contributed by atoms with van der Waals surface area (Å²) in [6, 6.07) is 15.3. The fourth-order valence-electron chi connectivity index (χ4n) is 4.20. The topological polar surface area (TPSA) is 49.4 Å². The van der Waals surface area contributed by atoms with Crippen molar-refractivity contribution in [1.82, 2.24) is 10.2 Å². The molecule has 1 atom stereocenters. The number of nitrogens with one attached hydrogen (secondary N) is 1. The second-order valence-corrected chi connectivity index (χ2v) is 9.19. The first-order valence-electron chi connectivity index (χ1n) is 11.1. The van der Waals surface area contributed by atoms with Gasteiger partial charge in [-0.1, -0.05) is 66.6 Å². The third-order valence-corrected chi connectivity index (χ3v) is 6.45. The van der Waals surface area contributed by atoms with Crippen LogP contribution >= 0.6 is 11.6 Å². The molecule has 0 spiro atoms. The second kappa shape index (κ2) is 10.8. The Morgan fingerprint density at radius 1 is 0.968 bits per heavy atom. The first kappa shape index (κ1) is 23.3. The third kappa shape index (κ3) is 6.33. The number of amides is 2. The largest absolute Gasteiger partial charge is 0.351 e. The zero-order chi connectivity index (χ0) is 22.4. The highest BCUT2D eigenvalue weighted by Gasteiger charge is 2.33. The summed E-state index contributed by atoms with van der Waals surface area (Å²) in [5, 5.41) is 3.23. The summed E-state index contributed by atoms with van der Waals surface area (Å²) >= 11 is 5.98. The Kier molecular flexibility index (Phi) is 8.14. The zero-order valence-corrected chi connectivity index (χ0v) is 19.5. The van der Waals surface area contributed by atoms with E-state index in [1.54, 1.807) is 4.90 Å². The molecule has 1 aliphatic carbocycles. The first-order valence-corrected chi connectivity index (χ1v) is 11.7. The number of benzene rings is 2. The SMILES string of the molecule is Cc1ccc(CN(C(=O)CCl)[C@H](C(=O)NC2CCC(C)CC2)c2ccc(C)cc2)cc1. The van der Waals surface area contributed by atoms with Crippen molar-refractivity contribution < 1.29 is 9.59 Å². The molecule has 1 saturated carbocycles. The molecule has 1 N–H and O–H groups in total. The molecule has 0 bridgehead atoms. The Balaban J connectivity index is 1.90. The van der Waals surface area contributed by atoms with Gasteiger partial charge in [0.2, 0.25) is 11.8 Å². The van der Waals surface area contributed by atoms with E-state index < -0.39 is 6.04 Å². The highest BCUT2D eigenvalue weighted by molar-refractivity contribution is 6.27. The average Bonchev–Trinajstić information content (AvgIpc) is 2.77. The Bertz CT molecular complexity index is 871. The van der Waals surface area contributed by atoms with Gasteiger partial charge in [0, 0.05) is 12.6 Å². The lowest BCUT2D eigenvalue weighted by atomic mass is 9.87. The molecular weight excluding hydrogens is 408 g/mol. The molecule has 0 radical (unpaired) electrons. The van der Waals surface area contributed by atoms with E-state index in [-0.39, 0.29) is 23.7 Å². The lowest BCUT2D eigenvalue weighted by molar-refractivity contribution is -0.140. The highest BCUT2D eigenvalue weighted by Crippen LogP contribution is 2.28. The lowest BCUT2D eigenvalue weighted by Crippen LogP contribution is -2.47. The van der Waals surface area contributed by atoms with Gasteiger partial charge < -0.3 is 10.2 Å². The highest BCUT2D eigenvalue weighted by atomic mass is 35.5. The predicted molar refractivity (Wildman–Crippen MR) is 126 cm³/mol. The number of carbonyl (C=O) groups excluding carboxylic acids is 2. The predicted octanol–water partition coefficient (Wildman–Crippen LogP) is 5.31. The summed E-state index contributed by atoms with van der Waals surface area (Å²) in [4.78, 5) is 28.1. The molecule has 4 nitrogen and oxygen atoms in total. The van der Waals surface area contributed by atoms with Gasteiger partial charge in [-0.05, 0) is 56.6 Å². The van der Waals surface area contributed by atoms with Crippen LogP contribution in [0, 0.1) is 19.8 Å². The van der Waals surface area contributed by atoms with Gasteiger partial charge in [0.15, 0.2) is 0 Å². The molecular formula is C26H33ClN2O2. The fraction of sp³-hybridized carbons (Fsp3) is 0.462. The van der Waals surface area contributed by atoms with Crippen molar-refractivity contribution in [2.45, 2.75) is 65.1 Å². The number of hydrogen-bond donors (Lipinski definition) is 1. The standard InChI is InChI=1S/C26H33ClN2O2/c1-18-4-10-21(11-5-18)17-29(24(30)16-27)25(22-12-6-19(2)7-13-22)26(31)28-23-14-8-20(3)9-15-23/h4-7,10-13,20,23,25H,8-9,14-17H2,1-3H3,(H,28,31)/t20?,23?,25-/m0/s1. The van der Waals surface area contributed by atoms with Crippen LogP contribution in [0.2, 0.25) is 0 Å². The van der Waals surface area contributed by atoms with Gasteiger partial charge in [0.05, 0.1) is 0 Å². The van der Waals surface area contributed by atoms with Crippen molar-refractivity contribution in [3.8, 4) is 0 Å². The molecule has 0 saturated heterocycles. The van der Waals surface area contributed by atoms with Crippen LogP contribution in [-0.2, 0) is 16.1 Å². The van der Waals surface area contributed by atoms with Crippen LogP contribution in [0.1, 0.15) is 60.9 Å². The quantitative estimate of drug-likeness (QED) is 0.593. The molecule has 0 unspecified atom stereocenters. The molecule has 0 aliphatic heterocycles. The molecule has 1 aliphatic rings. The van der Waals surface area contributed by atoms with Gasteiger partial charge in [-0.15, -0.1) is 11.6 Å². The van der Waals surface area contributed by atoms with E-state index in [2.05, 4.69) is 12.2 Å². The smallest absolute Gasteiger partial charge is 0.247 e. The van der Waals surface area contributed by atoms with E-state index in [0.29, 0.717) is 12.5 Å². The maximum atomic E-state index is 13.5. The minimum atomic E-state index is -0.715. The first-order chi connectivity index (χ1) is 14.9. The zero-order valence-electron chi connectivity index (χ0n) is 18.7. The second-order valence-electron chi connectivity index (χ2n) is 8.92. The van der Waals surface area contributed by atoms with Crippen molar-refractivity contribution in [2.75, 3.05) is 5.88 Å². The maximum Gasteiger partial charge on any atom is 0.247 e. The normalized spacial score (nSPS) is 19.5. The molecule has 31 heavy (non-hydrogen) atoms. The van der Waals surface area contributed by atoms with Crippen molar-refractivity contribution in [2.24, 2.45) is 5.92 Å². The molecule has 2 amide bonds. The molecule has 2 aromatic carbocycles. The van der Waals surface area contributed by atoms with Crippen molar-refractivity contribution in [3.63, 3.8) is 0 Å². The van der Waals surface area contributed by atoms with E-state index >= 15 is 0 Å². The van der Waals surface area contributed by atoms with Crippen molar-refractivity contribution >= 4 is 23.4 Å². The maximum absolute atomic E-state index is 13.5. The van der Waals surface area contributed by atoms with Crippen LogP contribution in [0.4, 0.5) is 0 Å². The van der Waals surface area contributed by atoms with Gasteiger partial charge >= 0.3 is 0 Å². The minimum Gasteiger partial charge on any atom is -0.351 e. The van der Waals surface area contributed by atoms with E-state index in [4.69, 9.17) is 11.6 Å². The molecule has 1 fully saturated rings. The van der Waals surface area contributed by atoms with Crippen LogP contribution < -0.4 is 5.32 Å². The summed E-state index contributed by atoms with van der Waals surface area (Å²) in [6.07, 6.45) is 4.20.